The molecule has 4 nitrogen and oxygen atoms in total. The molecule has 4 rings (SSSR count). The fourth-order valence-corrected chi connectivity index (χ4v) is 2.50. The van der Waals surface area contributed by atoms with Crippen LogP contribution in [-0.2, 0) is 14.3 Å². The maximum absolute atomic E-state index is 12.0. The minimum Gasteiger partial charge on any atom is -0.482 e. The Morgan fingerprint density at radius 2 is 2.12 bits per heavy atom. The first kappa shape index (κ1) is 9.39. The quantitative estimate of drug-likeness (QED) is 0.670. The summed E-state index contributed by atoms with van der Waals surface area (Å²) in [6.45, 7) is 0.417. The molecule has 0 aliphatic carbocycles. The largest absolute Gasteiger partial charge is 0.482 e. The highest BCUT2D eigenvalue weighted by Crippen LogP contribution is 2.37. The molecule has 0 N–H and O–H groups in total. The third-order valence-electron chi connectivity index (χ3n) is 3.34. The molecule has 0 amide bonds. The Morgan fingerprint density at radius 3 is 3.06 bits per heavy atom. The van der Waals surface area contributed by atoms with E-state index in [1.165, 1.54) is 0 Å². The van der Waals surface area contributed by atoms with Gasteiger partial charge in [0.2, 0.25) is 12.1 Å². The molecule has 0 unspecified atom stereocenters. The number of rotatable bonds is 0. The lowest BCUT2D eigenvalue weighted by atomic mass is 9.93. The Morgan fingerprint density at radius 1 is 1.24 bits per heavy atom. The maximum Gasteiger partial charge on any atom is 0.223 e. The average Bonchev–Trinajstić information content (AvgIpc) is 2.81. The molecule has 4 heteroatoms. The van der Waals surface area contributed by atoms with Gasteiger partial charge in [-0.2, -0.15) is 0 Å². The SMILES string of the molecule is O=C1C2=Cc3ccccc3O[C@@H]2[C@H]2CO[C@@H]1O2. The number of Topliss-reactive ketones (excluding diaryl/α,β-unsaturated/α-hetero) is 1. The van der Waals surface area contributed by atoms with Crippen LogP contribution in [0.25, 0.3) is 6.08 Å². The number of ether oxygens (including phenoxy) is 3. The van der Waals surface area contributed by atoms with E-state index in [0.29, 0.717) is 12.2 Å². The predicted molar refractivity (Wildman–Crippen MR) is 58.5 cm³/mol. The Balaban J connectivity index is 1.86. The number of ketones is 1. The summed E-state index contributed by atoms with van der Waals surface area (Å²) in [5, 5.41) is 0. The van der Waals surface area contributed by atoms with Crippen molar-refractivity contribution in [2.24, 2.45) is 0 Å². The summed E-state index contributed by atoms with van der Waals surface area (Å²) in [5.41, 5.74) is 1.61. The van der Waals surface area contributed by atoms with Crippen LogP contribution in [-0.4, -0.2) is 30.9 Å². The summed E-state index contributed by atoms with van der Waals surface area (Å²) in [7, 11) is 0. The maximum atomic E-state index is 12.0. The van der Waals surface area contributed by atoms with E-state index >= 15 is 0 Å². The number of benzene rings is 1. The van der Waals surface area contributed by atoms with Crippen molar-refractivity contribution < 1.29 is 19.0 Å². The number of carbonyl (C=O) groups excluding carboxylic acids is 1. The molecule has 0 spiro atoms. The van der Waals surface area contributed by atoms with E-state index in [9.17, 15) is 4.79 Å². The van der Waals surface area contributed by atoms with E-state index in [2.05, 4.69) is 0 Å². The topological polar surface area (TPSA) is 44.8 Å². The number of fused-ring (bicyclic) bond motifs is 5. The molecular formula is C13H10O4. The summed E-state index contributed by atoms with van der Waals surface area (Å²) in [4.78, 5) is 12.0. The van der Waals surface area contributed by atoms with Crippen molar-refractivity contribution in [3.05, 3.63) is 35.4 Å². The van der Waals surface area contributed by atoms with Gasteiger partial charge in [0.25, 0.3) is 0 Å². The van der Waals surface area contributed by atoms with Gasteiger partial charge in [0.05, 0.1) is 6.61 Å². The summed E-state index contributed by atoms with van der Waals surface area (Å²) in [6, 6.07) is 7.67. The summed E-state index contributed by atoms with van der Waals surface area (Å²) >= 11 is 0. The number of hydrogen-bond donors (Lipinski definition) is 0. The van der Waals surface area contributed by atoms with Gasteiger partial charge in [0.1, 0.15) is 11.9 Å². The highest BCUT2D eigenvalue weighted by Gasteiger charge is 2.49. The van der Waals surface area contributed by atoms with Crippen LogP contribution in [0, 0.1) is 0 Å². The zero-order valence-corrected chi connectivity index (χ0v) is 8.96. The third kappa shape index (κ3) is 1.22. The zero-order chi connectivity index (χ0) is 11.4. The smallest absolute Gasteiger partial charge is 0.223 e. The summed E-state index contributed by atoms with van der Waals surface area (Å²) < 4.78 is 16.6. The van der Waals surface area contributed by atoms with Gasteiger partial charge in [-0.05, 0) is 12.1 Å². The van der Waals surface area contributed by atoms with E-state index in [0.717, 1.165) is 11.3 Å². The summed E-state index contributed by atoms with van der Waals surface area (Å²) in [6.07, 6.45) is 0.674. The van der Waals surface area contributed by atoms with Gasteiger partial charge in [-0.3, -0.25) is 4.79 Å². The van der Waals surface area contributed by atoms with Gasteiger partial charge < -0.3 is 14.2 Å². The Labute approximate surface area is 97.8 Å². The molecule has 17 heavy (non-hydrogen) atoms. The van der Waals surface area contributed by atoms with E-state index in [4.69, 9.17) is 14.2 Å². The van der Waals surface area contributed by atoms with Crippen molar-refractivity contribution in [2.45, 2.75) is 18.5 Å². The molecular weight excluding hydrogens is 220 g/mol. The number of hydrogen-bond acceptors (Lipinski definition) is 4. The molecule has 0 saturated carbocycles. The second-order valence-corrected chi connectivity index (χ2v) is 4.38. The fraction of sp³-hybridized carbons (Fsp3) is 0.308. The first-order valence-electron chi connectivity index (χ1n) is 5.61. The van der Waals surface area contributed by atoms with Crippen molar-refractivity contribution >= 4 is 11.9 Å². The minimum atomic E-state index is -0.726. The standard InChI is InChI=1S/C13H10O4/c14-11-8-5-7-3-1-2-4-9(7)16-12(8)10-6-15-13(11)17-10/h1-5,10,12-13H,6H2/t10-,12+,13-/m1/s1. The highest BCUT2D eigenvalue weighted by atomic mass is 16.7. The van der Waals surface area contributed by atoms with Gasteiger partial charge in [0.15, 0.2) is 6.10 Å². The molecule has 3 atom stereocenters. The summed E-state index contributed by atoms with van der Waals surface area (Å²) in [5.74, 6) is 0.682. The van der Waals surface area contributed by atoms with Crippen LogP contribution < -0.4 is 4.74 Å². The first-order valence-corrected chi connectivity index (χ1v) is 5.61. The fourth-order valence-electron chi connectivity index (χ4n) is 2.50. The van der Waals surface area contributed by atoms with Crippen LogP contribution in [0.15, 0.2) is 29.8 Å². The first-order chi connectivity index (χ1) is 8.33. The Bertz CT molecular complexity index is 534. The molecule has 0 aromatic heterocycles. The van der Waals surface area contributed by atoms with Crippen LogP contribution in [0.2, 0.25) is 0 Å². The molecule has 3 heterocycles. The van der Waals surface area contributed by atoms with Crippen LogP contribution in [0.5, 0.6) is 5.75 Å². The van der Waals surface area contributed by atoms with E-state index in [1.54, 1.807) is 0 Å². The van der Waals surface area contributed by atoms with Crippen molar-refractivity contribution in [1.82, 2.24) is 0 Å². The van der Waals surface area contributed by atoms with Gasteiger partial charge in [-0.25, -0.2) is 0 Å². The Kier molecular flexibility index (Phi) is 1.76. The van der Waals surface area contributed by atoms with Gasteiger partial charge in [-0.1, -0.05) is 18.2 Å². The average molecular weight is 230 g/mol. The highest BCUT2D eigenvalue weighted by molar-refractivity contribution is 6.04. The molecule has 1 aromatic rings. The van der Waals surface area contributed by atoms with E-state index in [-0.39, 0.29) is 18.0 Å². The molecule has 1 aromatic carbocycles. The molecule has 3 aliphatic heterocycles. The lowest BCUT2D eigenvalue weighted by molar-refractivity contribution is -0.151. The zero-order valence-electron chi connectivity index (χ0n) is 8.96. The molecule has 2 fully saturated rings. The van der Waals surface area contributed by atoms with Crippen molar-refractivity contribution in [3.63, 3.8) is 0 Å². The van der Waals surface area contributed by atoms with Crippen molar-refractivity contribution in [2.75, 3.05) is 6.61 Å². The molecule has 0 radical (unpaired) electrons. The number of carbonyl (C=O) groups is 1. The molecule has 2 saturated heterocycles. The van der Waals surface area contributed by atoms with E-state index in [1.807, 2.05) is 30.3 Å². The van der Waals surface area contributed by atoms with Crippen LogP contribution in [0.1, 0.15) is 5.56 Å². The lowest BCUT2D eigenvalue weighted by Crippen LogP contribution is -2.45. The van der Waals surface area contributed by atoms with Gasteiger partial charge in [0, 0.05) is 11.1 Å². The van der Waals surface area contributed by atoms with Gasteiger partial charge in [-0.15, -0.1) is 0 Å². The van der Waals surface area contributed by atoms with Crippen LogP contribution in [0.3, 0.4) is 0 Å². The van der Waals surface area contributed by atoms with E-state index < -0.39 is 6.29 Å². The molecule has 86 valence electrons. The van der Waals surface area contributed by atoms with Crippen molar-refractivity contribution in [1.29, 1.82) is 0 Å². The van der Waals surface area contributed by atoms with Gasteiger partial charge >= 0.3 is 0 Å². The monoisotopic (exact) mass is 230 g/mol. The predicted octanol–water partition coefficient (Wildman–Crippen LogP) is 1.16. The third-order valence-corrected chi connectivity index (χ3v) is 3.34. The second-order valence-electron chi connectivity index (χ2n) is 4.38. The molecule has 2 bridgehead atoms. The normalized spacial score (nSPS) is 33.5. The number of para-hydroxylation sites is 1. The minimum absolute atomic E-state index is 0.113. The van der Waals surface area contributed by atoms with Crippen LogP contribution in [0.4, 0.5) is 0 Å². The lowest BCUT2D eigenvalue weighted by Gasteiger charge is -2.32. The van der Waals surface area contributed by atoms with Crippen LogP contribution >= 0.6 is 0 Å². The van der Waals surface area contributed by atoms with Crippen molar-refractivity contribution in [3.8, 4) is 5.75 Å². The second kappa shape index (κ2) is 3.18. The Hall–Kier alpha value is -1.65. The molecule has 3 aliphatic rings.